The smallest absolute Gasteiger partial charge is 0.244 e. The van der Waals surface area contributed by atoms with Crippen LogP contribution in [-0.2, 0) is 11.3 Å². The minimum absolute atomic E-state index is 0.101. The fraction of sp³-hybridized carbons (Fsp3) is 0.273. The highest BCUT2D eigenvalue weighted by atomic mass is 19.1. The van der Waals surface area contributed by atoms with E-state index in [1.165, 1.54) is 18.2 Å². The van der Waals surface area contributed by atoms with Gasteiger partial charge in [0.05, 0.1) is 11.6 Å². The zero-order valence-electron chi connectivity index (χ0n) is 15.1. The topological polar surface area (TPSA) is 56.1 Å². The Morgan fingerprint density at radius 1 is 1.15 bits per heavy atom. The number of carbonyl (C=O) groups excluding carboxylic acids is 1. The van der Waals surface area contributed by atoms with Crippen LogP contribution in [0, 0.1) is 17.1 Å². The van der Waals surface area contributed by atoms with Crippen molar-refractivity contribution >= 4 is 12.0 Å². The molecule has 2 aromatic rings. The molecular formula is C22H22FN3O. The molecule has 1 heterocycles. The van der Waals surface area contributed by atoms with Crippen LogP contribution >= 0.6 is 0 Å². The van der Waals surface area contributed by atoms with E-state index in [1.54, 1.807) is 18.2 Å². The molecule has 1 aliphatic rings. The molecule has 1 fully saturated rings. The normalized spacial score (nSPS) is 15.6. The summed E-state index contributed by atoms with van der Waals surface area (Å²) in [6.07, 6.45) is 5.09. The maximum atomic E-state index is 13.0. The number of hydrogen-bond acceptors (Lipinski definition) is 3. The number of benzene rings is 2. The average molecular weight is 363 g/mol. The van der Waals surface area contributed by atoms with E-state index in [1.807, 2.05) is 24.3 Å². The summed E-state index contributed by atoms with van der Waals surface area (Å²) in [5, 5.41) is 11.8. The van der Waals surface area contributed by atoms with Gasteiger partial charge in [0.2, 0.25) is 5.91 Å². The van der Waals surface area contributed by atoms with E-state index in [-0.39, 0.29) is 17.8 Å². The first kappa shape index (κ1) is 18.8. The van der Waals surface area contributed by atoms with Crippen molar-refractivity contribution in [3.8, 4) is 6.07 Å². The van der Waals surface area contributed by atoms with Gasteiger partial charge in [0.25, 0.3) is 0 Å². The van der Waals surface area contributed by atoms with Crippen molar-refractivity contribution in [1.29, 1.82) is 5.26 Å². The van der Waals surface area contributed by atoms with Gasteiger partial charge in [0, 0.05) is 31.8 Å². The lowest BCUT2D eigenvalue weighted by Crippen LogP contribution is -2.43. The molecule has 1 amide bonds. The van der Waals surface area contributed by atoms with E-state index in [0.717, 1.165) is 43.6 Å². The van der Waals surface area contributed by atoms with E-state index < -0.39 is 0 Å². The van der Waals surface area contributed by atoms with Gasteiger partial charge in [0.1, 0.15) is 5.82 Å². The van der Waals surface area contributed by atoms with E-state index in [9.17, 15) is 9.18 Å². The van der Waals surface area contributed by atoms with Gasteiger partial charge in [-0.05, 0) is 54.3 Å². The number of nitrogens with one attached hydrogen (secondary N) is 1. The Kier molecular flexibility index (Phi) is 6.35. The van der Waals surface area contributed by atoms with Crippen molar-refractivity contribution in [2.24, 2.45) is 0 Å². The number of amides is 1. The van der Waals surface area contributed by atoms with Gasteiger partial charge in [-0.3, -0.25) is 9.69 Å². The van der Waals surface area contributed by atoms with Crippen LogP contribution < -0.4 is 5.32 Å². The van der Waals surface area contributed by atoms with Crippen molar-refractivity contribution in [1.82, 2.24) is 10.2 Å². The van der Waals surface area contributed by atoms with Gasteiger partial charge in [0.15, 0.2) is 0 Å². The number of rotatable bonds is 5. The predicted octanol–water partition coefficient (Wildman–Crippen LogP) is 3.49. The fourth-order valence-corrected chi connectivity index (χ4v) is 3.17. The van der Waals surface area contributed by atoms with Crippen LogP contribution in [0.25, 0.3) is 6.08 Å². The summed E-state index contributed by atoms with van der Waals surface area (Å²) >= 11 is 0. The molecule has 0 saturated carbocycles. The number of nitriles is 1. The van der Waals surface area contributed by atoms with Crippen LogP contribution in [0.4, 0.5) is 4.39 Å². The summed E-state index contributed by atoms with van der Waals surface area (Å²) in [4.78, 5) is 14.4. The highest BCUT2D eigenvalue weighted by Gasteiger charge is 2.20. The first-order chi connectivity index (χ1) is 13.1. The second kappa shape index (κ2) is 9.11. The Balaban J connectivity index is 1.42. The number of carbonyl (C=O) groups is 1. The molecular weight excluding hydrogens is 341 g/mol. The van der Waals surface area contributed by atoms with E-state index in [2.05, 4.69) is 16.3 Å². The molecule has 1 N–H and O–H groups in total. The van der Waals surface area contributed by atoms with E-state index >= 15 is 0 Å². The molecule has 138 valence electrons. The lowest BCUT2D eigenvalue weighted by molar-refractivity contribution is -0.117. The minimum atomic E-state index is -0.214. The molecule has 1 saturated heterocycles. The quantitative estimate of drug-likeness (QED) is 0.828. The molecule has 0 radical (unpaired) electrons. The third-order valence-electron chi connectivity index (χ3n) is 4.72. The first-order valence-corrected chi connectivity index (χ1v) is 9.08. The molecule has 0 aromatic heterocycles. The third-order valence-corrected chi connectivity index (χ3v) is 4.72. The summed E-state index contributed by atoms with van der Waals surface area (Å²) in [6.45, 7) is 2.61. The van der Waals surface area contributed by atoms with Crippen molar-refractivity contribution in [2.45, 2.75) is 25.4 Å². The summed E-state index contributed by atoms with van der Waals surface area (Å²) in [5.74, 6) is -0.314. The van der Waals surface area contributed by atoms with E-state index in [4.69, 9.17) is 5.26 Å². The summed E-state index contributed by atoms with van der Waals surface area (Å²) in [5.41, 5.74) is 2.59. The van der Waals surface area contributed by atoms with Crippen molar-refractivity contribution in [2.75, 3.05) is 13.1 Å². The monoisotopic (exact) mass is 363 g/mol. The SMILES string of the molecule is N#Cc1ccc(C=CC(=O)NC2CCN(Cc3ccc(F)cc3)CC2)cc1. The van der Waals surface area contributed by atoms with Gasteiger partial charge in [-0.2, -0.15) is 5.26 Å². The lowest BCUT2D eigenvalue weighted by Gasteiger charge is -2.32. The highest BCUT2D eigenvalue weighted by molar-refractivity contribution is 5.91. The van der Waals surface area contributed by atoms with Crippen molar-refractivity contribution in [3.63, 3.8) is 0 Å². The molecule has 4 nitrogen and oxygen atoms in total. The van der Waals surface area contributed by atoms with Gasteiger partial charge < -0.3 is 5.32 Å². The number of hydrogen-bond donors (Lipinski definition) is 1. The van der Waals surface area contributed by atoms with Crippen LogP contribution in [0.15, 0.2) is 54.6 Å². The molecule has 27 heavy (non-hydrogen) atoms. The van der Waals surface area contributed by atoms with Gasteiger partial charge >= 0.3 is 0 Å². The van der Waals surface area contributed by atoms with Crippen LogP contribution in [0.5, 0.6) is 0 Å². The molecule has 3 rings (SSSR count). The van der Waals surface area contributed by atoms with Crippen LogP contribution in [0.3, 0.4) is 0 Å². The van der Waals surface area contributed by atoms with E-state index in [0.29, 0.717) is 5.56 Å². The van der Waals surface area contributed by atoms with Crippen LogP contribution in [0.2, 0.25) is 0 Å². The molecule has 1 aliphatic heterocycles. The molecule has 0 unspecified atom stereocenters. The molecule has 0 bridgehead atoms. The zero-order valence-corrected chi connectivity index (χ0v) is 15.1. The standard InChI is InChI=1S/C22H22FN3O/c23-20-8-5-19(6-9-20)16-26-13-11-21(12-14-26)25-22(27)10-7-17-1-3-18(15-24)4-2-17/h1-10,21H,11-14,16H2,(H,25,27). The van der Waals surface area contributed by atoms with Crippen molar-refractivity contribution < 1.29 is 9.18 Å². The van der Waals surface area contributed by atoms with Crippen LogP contribution in [-0.4, -0.2) is 29.9 Å². The Bertz CT molecular complexity index is 829. The molecule has 0 atom stereocenters. The Labute approximate surface area is 158 Å². The summed E-state index contributed by atoms with van der Waals surface area (Å²) < 4.78 is 13.0. The molecule has 2 aromatic carbocycles. The first-order valence-electron chi connectivity index (χ1n) is 9.08. The van der Waals surface area contributed by atoms with Crippen molar-refractivity contribution in [3.05, 3.63) is 77.1 Å². The van der Waals surface area contributed by atoms with Gasteiger partial charge in [-0.1, -0.05) is 24.3 Å². The maximum Gasteiger partial charge on any atom is 0.244 e. The second-order valence-electron chi connectivity index (χ2n) is 6.75. The predicted molar refractivity (Wildman–Crippen MR) is 103 cm³/mol. The average Bonchev–Trinajstić information content (AvgIpc) is 2.70. The number of nitrogens with zero attached hydrogens (tertiary/aromatic N) is 2. The Morgan fingerprint density at radius 2 is 1.81 bits per heavy atom. The minimum Gasteiger partial charge on any atom is -0.350 e. The lowest BCUT2D eigenvalue weighted by atomic mass is 10.0. The van der Waals surface area contributed by atoms with Gasteiger partial charge in [-0.15, -0.1) is 0 Å². The third kappa shape index (κ3) is 5.77. The Hall–Kier alpha value is -2.97. The van der Waals surface area contributed by atoms with Crippen LogP contribution in [0.1, 0.15) is 29.5 Å². The largest absolute Gasteiger partial charge is 0.350 e. The number of piperidine rings is 1. The molecule has 0 aliphatic carbocycles. The molecule has 0 spiro atoms. The second-order valence-corrected chi connectivity index (χ2v) is 6.75. The fourth-order valence-electron chi connectivity index (χ4n) is 3.17. The summed E-state index contributed by atoms with van der Waals surface area (Å²) in [6, 6.07) is 15.9. The summed E-state index contributed by atoms with van der Waals surface area (Å²) in [7, 11) is 0. The maximum absolute atomic E-state index is 13.0. The Morgan fingerprint density at radius 3 is 2.44 bits per heavy atom. The highest BCUT2D eigenvalue weighted by Crippen LogP contribution is 2.14. The number of likely N-dealkylation sites (tertiary alicyclic amines) is 1. The van der Waals surface area contributed by atoms with Gasteiger partial charge in [-0.25, -0.2) is 4.39 Å². The number of halogens is 1. The zero-order chi connectivity index (χ0) is 19.1. The molecule has 5 heteroatoms.